The quantitative estimate of drug-likeness (QED) is 0.822. The maximum Gasteiger partial charge on any atom is 0.126 e. The number of aromatic nitrogens is 1. The van der Waals surface area contributed by atoms with E-state index in [0.29, 0.717) is 5.92 Å². The summed E-state index contributed by atoms with van der Waals surface area (Å²) >= 11 is 0. The Kier molecular flexibility index (Phi) is 4.00. The van der Waals surface area contributed by atoms with Crippen LogP contribution in [0.25, 0.3) is 0 Å². The molecule has 0 amide bonds. The minimum absolute atomic E-state index is 0.113. The van der Waals surface area contributed by atoms with Gasteiger partial charge in [-0.05, 0) is 43.2 Å². The average molecular weight is 234 g/mol. The molecule has 0 radical (unpaired) electrons. The minimum Gasteiger partial charge on any atom is -0.394 e. The Hall–Kier alpha value is -1.09. The number of fused-ring (bicyclic) bond motifs is 1. The van der Waals surface area contributed by atoms with E-state index in [9.17, 15) is 5.11 Å². The third-order valence-corrected chi connectivity index (χ3v) is 3.26. The number of nitrogens with zero attached hydrogens (tertiary/aromatic N) is 1. The Morgan fingerprint density at radius 3 is 2.88 bits per heavy atom. The molecule has 0 aliphatic heterocycles. The lowest BCUT2D eigenvalue weighted by molar-refractivity contribution is 0.259. The van der Waals surface area contributed by atoms with Crippen LogP contribution >= 0.6 is 0 Å². The standard InChI is InChI=1S/C14H22N2O/c1-10(2)8-12(9-17)15-14-7-6-11-4-3-5-13(11)16-14/h6-7,10,12,17H,3-5,8-9H2,1-2H3,(H,15,16). The van der Waals surface area contributed by atoms with Gasteiger partial charge in [0.05, 0.1) is 12.6 Å². The molecule has 0 spiro atoms. The Morgan fingerprint density at radius 2 is 2.18 bits per heavy atom. The molecule has 0 saturated carbocycles. The van der Waals surface area contributed by atoms with Crippen LogP contribution in [0.1, 0.15) is 37.9 Å². The molecule has 1 unspecified atom stereocenters. The lowest BCUT2D eigenvalue weighted by Crippen LogP contribution is -2.26. The molecule has 1 aromatic rings. The molecule has 0 aromatic carbocycles. The molecule has 2 N–H and O–H groups in total. The minimum atomic E-state index is 0.113. The number of aliphatic hydroxyl groups excluding tert-OH is 1. The van der Waals surface area contributed by atoms with E-state index in [1.807, 2.05) is 6.07 Å². The second-order valence-corrected chi connectivity index (χ2v) is 5.31. The van der Waals surface area contributed by atoms with Crippen molar-refractivity contribution in [1.29, 1.82) is 0 Å². The van der Waals surface area contributed by atoms with Gasteiger partial charge in [-0.15, -0.1) is 0 Å². The second-order valence-electron chi connectivity index (χ2n) is 5.31. The molecule has 3 heteroatoms. The predicted octanol–water partition coefficient (Wildman–Crippen LogP) is 2.39. The van der Waals surface area contributed by atoms with Crippen molar-refractivity contribution in [2.75, 3.05) is 11.9 Å². The monoisotopic (exact) mass is 234 g/mol. The first-order valence-corrected chi connectivity index (χ1v) is 6.55. The topological polar surface area (TPSA) is 45.1 Å². The molecule has 0 bridgehead atoms. The summed E-state index contributed by atoms with van der Waals surface area (Å²) in [5.74, 6) is 1.49. The van der Waals surface area contributed by atoms with Gasteiger partial charge >= 0.3 is 0 Å². The Balaban J connectivity index is 2.02. The normalized spacial score (nSPS) is 16.0. The number of pyridine rings is 1. The Labute approximate surface area is 103 Å². The van der Waals surface area contributed by atoms with Gasteiger partial charge in [0.1, 0.15) is 5.82 Å². The summed E-state index contributed by atoms with van der Waals surface area (Å²) in [4.78, 5) is 4.63. The molecule has 17 heavy (non-hydrogen) atoms. The van der Waals surface area contributed by atoms with Gasteiger partial charge in [-0.25, -0.2) is 4.98 Å². The van der Waals surface area contributed by atoms with E-state index in [2.05, 4.69) is 30.2 Å². The third kappa shape index (κ3) is 3.19. The van der Waals surface area contributed by atoms with Gasteiger partial charge in [-0.3, -0.25) is 0 Å². The van der Waals surface area contributed by atoms with Crippen LogP contribution in [-0.2, 0) is 12.8 Å². The number of rotatable bonds is 5. The van der Waals surface area contributed by atoms with Crippen molar-refractivity contribution in [3.63, 3.8) is 0 Å². The molecule has 0 saturated heterocycles. The van der Waals surface area contributed by atoms with Gasteiger partial charge in [0.15, 0.2) is 0 Å². The van der Waals surface area contributed by atoms with Crippen molar-refractivity contribution in [1.82, 2.24) is 4.98 Å². The van der Waals surface area contributed by atoms with E-state index in [0.717, 1.165) is 25.1 Å². The zero-order valence-electron chi connectivity index (χ0n) is 10.7. The first kappa shape index (κ1) is 12.4. The van der Waals surface area contributed by atoms with Crippen LogP contribution in [0.15, 0.2) is 12.1 Å². The molecule has 1 aliphatic rings. The van der Waals surface area contributed by atoms with Crippen LogP contribution in [-0.4, -0.2) is 22.7 Å². The number of aliphatic hydroxyl groups is 1. The van der Waals surface area contributed by atoms with Gasteiger partial charge in [-0.2, -0.15) is 0 Å². The summed E-state index contributed by atoms with van der Waals surface area (Å²) in [5, 5.41) is 12.7. The highest BCUT2D eigenvalue weighted by molar-refractivity contribution is 5.41. The van der Waals surface area contributed by atoms with Crippen LogP contribution in [0, 0.1) is 5.92 Å². The van der Waals surface area contributed by atoms with Gasteiger partial charge in [0, 0.05) is 5.69 Å². The fraction of sp³-hybridized carbons (Fsp3) is 0.643. The van der Waals surface area contributed by atoms with Crippen molar-refractivity contribution in [2.24, 2.45) is 5.92 Å². The maximum absolute atomic E-state index is 9.34. The number of nitrogens with one attached hydrogen (secondary N) is 1. The molecule has 1 aliphatic carbocycles. The van der Waals surface area contributed by atoms with Gasteiger partial charge in [0.25, 0.3) is 0 Å². The Morgan fingerprint density at radius 1 is 1.35 bits per heavy atom. The van der Waals surface area contributed by atoms with E-state index in [-0.39, 0.29) is 12.6 Å². The van der Waals surface area contributed by atoms with Crippen LogP contribution in [0.3, 0.4) is 0 Å². The van der Waals surface area contributed by atoms with Gasteiger partial charge < -0.3 is 10.4 Å². The summed E-state index contributed by atoms with van der Waals surface area (Å²) in [6.07, 6.45) is 4.45. The fourth-order valence-corrected chi connectivity index (χ4v) is 2.46. The van der Waals surface area contributed by atoms with Gasteiger partial charge in [-0.1, -0.05) is 19.9 Å². The number of anilines is 1. The van der Waals surface area contributed by atoms with Gasteiger partial charge in [0.2, 0.25) is 0 Å². The summed E-state index contributed by atoms with van der Waals surface area (Å²) < 4.78 is 0. The highest BCUT2D eigenvalue weighted by Crippen LogP contribution is 2.22. The highest BCUT2D eigenvalue weighted by Gasteiger charge is 2.14. The van der Waals surface area contributed by atoms with Crippen molar-refractivity contribution >= 4 is 5.82 Å². The number of hydrogen-bond acceptors (Lipinski definition) is 3. The van der Waals surface area contributed by atoms with E-state index < -0.39 is 0 Å². The lowest BCUT2D eigenvalue weighted by atomic mass is 10.0. The first-order valence-electron chi connectivity index (χ1n) is 6.55. The van der Waals surface area contributed by atoms with E-state index in [1.54, 1.807) is 0 Å². The van der Waals surface area contributed by atoms with Crippen molar-refractivity contribution in [3.8, 4) is 0 Å². The number of aryl methyl sites for hydroxylation is 2. The molecule has 2 rings (SSSR count). The second kappa shape index (κ2) is 5.50. The molecule has 1 atom stereocenters. The van der Waals surface area contributed by atoms with Crippen molar-refractivity contribution in [3.05, 3.63) is 23.4 Å². The molecule has 94 valence electrons. The van der Waals surface area contributed by atoms with Crippen LogP contribution in [0.4, 0.5) is 5.82 Å². The third-order valence-electron chi connectivity index (χ3n) is 3.26. The first-order chi connectivity index (χ1) is 8.19. The maximum atomic E-state index is 9.34. The average Bonchev–Trinajstić information content (AvgIpc) is 2.74. The van der Waals surface area contributed by atoms with Crippen LogP contribution < -0.4 is 5.32 Å². The largest absolute Gasteiger partial charge is 0.394 e. The molecule has 1 heterocycles. The molecular formula is C14H22N2O. The zero-order chi connectivity index (χ0) is 12.3. The molecule has 0 fully saturated rings. The van der Waals surface area contributed by atoms with Crippen LogP contribution in [0.2, 0.25) is 0 Å². The van der Waals surface area contributed by atoms with E-state index in [1.165, 1.54) is 17.7 Å². The predicted molar refractivity (Wildman–Crippen MR) is 70.2 cm³/mol. The van der Waals surface area contributed by atoms with Crippen molar-refractivity contribution in [2.45, 2.75) is 45.6 Å². The zero-order valence-corrected chi connectivity index (χ0v) is 10.7. The molecule has 1 aromatic heterocycles. The van der Waals surface area contributed by atoms with E-state index >= 15 is 0 Å². The molecular weight excluding hydrogens is 212 g/mol. The SMILES string of the molecule is CC(C)CC(CO)Nc1ccc2c(n1)CCC2. The fourth-order valence-electron chi connectivity index (χ4n) is 2.46. The van der Waals surface area contributed by atoms with E-state index in [4.69, 9.17) is 0 Å². The van der Waals surface area contributed by atoms with Crippen LogP contribution in [0.5, 0.6) is 0 Å². The summed E-state index contributed by atoms with van der Waals surface area (Å²) in [6.45, 7) is 4.50. The smallest absolute Gasteiger partial charge is 0.126 e. The number of hydrogen-bond donors (Lipinski definition) is 2. The summed E-state index contributed by atoms with van der Waals surface area (Å²) in [6, 6.07) is 4.32. The Bertz CT molecular complexity index is 376. The lowest BCUT2D eigenvalue weighted by Gasteiger charge is -2.19. The van der Waals surface area contributed by atoms with Crippen molar-refractivity contribution < 1.29 is 5.11 Å². The molecule has 3 nitrogen and oxygen atoms in total. The summed E-state index contributed by atoms with van der Waals surface area (Å²) in [7, 11) is 0. The summed E-state index contributed by atoms with van der Waals surface area (Å²) in [5.41, 5.74) is 2.62. The highest BCUT2D eigenvalue weighted by atomic mass is 16.3.